The minimum absolute atomic E-state index is 0.260. The number of ether oxygens (including phenoxy) is 1. The molecule has 0 spiro atoms. The van der Waals surface area contributed by atoms with Crippen LogP contribution in [0.4, 0.5) is 0 Å². The van der Waals surface area contributed by atoms with Gasteiger partial charge in [0.25, 0.3) is 0 Å². The van der Waals surface area contributed by atoms with Crippen molar-refractivity contribution in [2.45, 2.75) is 71.1 Å². The summed E-state index contributed by atoms with van der Waals surface area (Å²) in [4.78, 5) is 9.41. The van der Waals surface area contributed by atoms with E-state index in [4.69, 9.17) is 4.74 Å². The van der Waals surface area contributed by atoms with Crippen molar-refractivity contribution >= 4 is 6.29 Å². The highest BCUT2D eigenvalue weighted by atomic mass is 16.5. The Balaban J connectivity index is 0.000000696. The molecule has 1 saturated carbocycles. The van der Waals surface area contributed by atoms with E-state index in [0.29, 0.717) is 29.9 Å². The number of aldehydes is 1. The molecule has 0 aliphatic heterocycles. The van der Waals surface area contributed by atoms with E-state index in [0.717, 1.165) is 6.29 Å². The minimum atomic E-state index is 0.260. The topological polar surface area (TPSA) is 46.5 Å². The molecule has 28 heavy (non-hydrogen) atoms. The monoisotopic (exact) mass is 388 g/mol. The Bertz CT molecular complexity index is 541. The largest absolute Gasteiger partial charge is 0.396 e. The third-order valence-corrected chi connectivity index (χ3v) is 5.78. The van der Waals surface area contributed by atoms with Gasteiger partial charge < -0.3 is 9.84 Å². The maximum atomic E-state index is 9.53. The van der Waals surface area contributed by atoms with Crippen LogP contribution in [-0.2, 0) is 16.0 Å². The number of aryl methyl sites for hydroxylation is 1. The molecule has 3 heteroatoms. The highest BCUT2D eigenvalue weighted by Crippen LogP contribution is 2.38. The molecular formula is C25H40O3. The second-order valence-electron chi connectivity index (χ2n) is 8.17. The van der Waals surface area contributed by atoms with E-state index in [9.17, 15) is 9.90 Å². The van der Waals surface area contributed by atoms with Gasteiger partial charge in [0.15, 0.2) is 0 Å². The summed E-state index contributed by atoms with van der Waals surface area (Å²) in [5.41, 5.74) is 3.57. The highest BCUT2D eigenvalue weighted by molar-refractivity contribution is 5.70. The molecule has 0 saturated heterocycles. The summed E-state index contributed by atoms with van der Waals surface area (Å²) < 4.78 is 5.25. The normalized spacial score (nSPS) is 20.0. The number of allylic oxidation sites excluding steroid dienone is 1. The highest BCUT2D eigenvalue weighted by Gasteiger charge is 2.27. The molecule has 1 unspecified atom stereocenters. The summed E-state index contributed by atoms with van der Waals surface area (Å²) in [6.45, 7) is 8.17. The Kier molecular flexibility index (Phi) is 12.8. The fourth-order valence-electron chi connectivity index (χ4n) is 4.01. The molecule has 158 valence electrons. The van der Waals surface area contributed by atoms with Crippen molar-refractivity contribution in [2.75, 3.05) is 20.3 Å². The van der Waals surface area contributed by atoms with Crippen LogP contribution in [0.25, 0.3) is 0 Å². The SMILES string of the molecule is C=C(C)C=O.CCCCCc1ccc(C2CCC(C(CO)COC)CC2)cc1. The quantitative estimate of drug-likeness (QED) is 0.317. The molecule has 0 amide bonds. The second-order valence-corrected chi connectivity index (χ2v) is 8.17. The number of methoxy groups -OCH3 is 1. The molecule has 0 heterocycles. The standard InChI is InChI=1S/C21H34O2.C4H6O/c1-3-4-5-6-17-7-9-18(10-8-17)19-11-13-20(14-12-19)21(15-22)16-23-2;1-4(2)3-5/h7-10,19-22H,3-6,11-16H2,1-2H3;3H,1H2,2H3. The number of carbonyl (C=O) groups is 1. The van der Waals surface area contributed by atoms with Gasteiger partial charge >= 0.3 is 0 Å². The van der Waals surface area contributed by atoms with Gasteiger partial charge in [-0.05, 0) is 74.0 Å². The van der Waals surface area contributed by atoms with Crippen LogP contribution in [-0.4, -0.2) is 31.7 Å². The first-order valence-electron chi connectivity index (χ1n) is 10.8. The van der Waals surface area contributed by atoms with Gasteiger partial charge in [-0.1, -0.05) is 50.6 Å². The lowest BCUT2D eigenvalue weighted by Crippen LogP contribution is -2.27. The van der Waals surface area contributed by atoms with E-state index >= 15 is 0 Å². The molecule has 2 rings (SSSR count). The van der Waals surface area contributed by atoms with Crippen molar-refractivity contribution in [3.8, 4) is 0 Å². The van der Waals surface area contributed by atoms with Gasteiger partial charge in [-0.15, -0.1) is 0 Å². The lowest BCUT2D eigenvalue weighted by Gasteiger charge is -2.33. The number of rotatable bonds is 10. The van der Waals surface area contributed by atoms with Crippen molar-refractivity contribution in [3.05, 3.63) is 47.5 Å². The Morgan fingerprint density at radius 2 is 1.82 bits per heavy atom. The van der Waals surface area contributed by atoms with Crippen LogP contribution in [0.15, 0.2) is 36.4 Å². The fraction of sp³-hybridized carbons (Fsp3) is 0.640. The number of aliphatic hydroxyl groups excluding tert-OH is 1. The lowest BCUT2D eigenvalue weighted by atomic mass is 9.74. The Morgan fingerprint density at radius 1 is 1.21 bits per heavy atom. The number of hydrogen-bond donors (Lipinski definition) is 1. The van der Waals surface area contributed by atoms with E-state index < -0.39 is 0 Å². The number of benzene rings is 1. The molecule has 1 aliphatic rings. The van der Waals surface area contributed by atoms with Gasteiger partial charge in [0.05, 0.1) is 6.61 Å². The van der Waals surface area contributed by atoms with Crippen LogP contribution in [0.5, 0.6) is 0 Å². The maximum absolute atomic E-state index is 9.53. The summed E-state index contributed by atoms with van der Waals surface area (Å²) in [5.74, 6) is 1.66. The summed E-state index contributed by atoms with van der Waals surface area (Å²) in [6.07, 6.45) is 10.8. The summed E-state index contributed by atoms with van der Waals surface area (Å²) in [7, 11) is 1.73. The molecule has 1 N–H and O–H groups in total. The molecule has 1 aliphatic carbocycles. The Hall–Kier alpha value is -1.45. The van der Waals surface area contributed by atoms with E-state index in [2.05, 4.69) is 37.8 Å². The third-order valence-electron chi connectivity index (χ3n) is 5.78. The third kappa shape index (κ3) is 9.16. The average molecular weight is 389 g/mol. The molecule has 0 radical (unpaired) electrons. The predicted octanol–water partition coefficient (Wildman–Crippen LogP) is 5.71. The van der Waals surface area contributed by atoms with Gasteiger partial charge in [-0.2, -0.15) is 0 Å². The zero-order valence-electron chi connectivity index (χ0n) is 18.2. The Labute approximate surface area is 172 Å². The second kappa shape index (κ2) is 14.5. The van der Waals surface area contributed by atoms with Crippen molar-refractivity contribution in [2.24, 2.45) is 11.8 Å². The molecule has 1 aromatic carbocycles. The number of unbranched alkanes of at least 4 members (excludes halogenated alkanes) is 2. The van der Waals surface area contributed by atoms with Crippen LogP contribution in [0.1, 0.15) is 75.8 Å². The van der Waals surface area contributed by atoms with Gasteiger partial charge in [-0.3, -0.25) is 4.79 Å². The first-order chi connectivity index (χ1) is 13.5. The number of carbonyl (C=O) groups excluding carboxylic acids is 1. The van der Waals surface area contributed by atoms with Crippen molar-refractivity contribution < 1.29 is 14.6 Å². The average Bonchev–Trinajstić information content (AvgIpc) is 2.73. The molecule has 1 fully saturated rings. The zero-order chi connectivity index (χ0) is 20.8. The molecule has 1 aromatic rings. The molecule has 1 atom stereocenters. The molecule has 0 bridgehead atoms. The van der Waals surface area contributed by atoms with Crippen molar-refractivity contribution in [1.29, 1.82) is 0 Å². The maximum Gasteiger partial charge on any atom is 0.145 e. The van der Waals surface area contributed by atoms with Crippen molar-refractivity contribution in [1.82, 2.24) is 0 Å². The van der Waals surface area contributed by atoms with Crippen LogP contribution in [0.3, 0.4) is 0 Å². The fourth-order valence-corrected chi connectivity index (χ4v) is 4.01. The minimum Gasteiger partial charge on any atom is -0.396 e. The van der Waals surface area contributed by atoms with Crippen LogP contribution < -0.4 is 0 Å². The molecule has 3 nitrogen and oxygen atoms in total. The number of aliphatic hydroxyl groups is 1. The Morgan fingerprint density at radius 3 is 2.29 bits per heavy atom. The van der Waals surface area contributed by atoms with Gasteiger partial charge in [-0.25, -0.2) is 0 Å². The van der Waals surface area contributed by atoms with Crippen LogP contribution >= 0.6 is 0 Å². The van der Waals surface area contributed by atoms with Crippen LogP contribution in [0, 0.1) is 11.8 Å². The van der Waals surface area contributed by atoms with E-state index in [1.54, 1.807) is 14.0 Å². The predicted molar refractivity (Wildman–Crippen MR) is 118 cm³/mol. The van der Waals surface area contributed by atoms with E-state index in [1.807, 2.05) is 0 Å². The summed E-state index contributed by atoms with van der Waals surface area (Å²) in [6, 6.07) is 9.37. The smallest absolute Gasteiger partial charge is 0.145 e. The van der Waals surface area contributed by atoms with Crippen LogP contribution in [0.2, 0.25) is 0 Å². The molecule has 0 aromatic heterocycles. The first-order valence-corrected chi connectivity index (χ1v) is 10.8. The van der Waals surface area contributed by atoms with Gasteiger partial charge in [0, 0.05) is 19.6 Å². The molecular weight excluding hydrogens is 348 g/mol. The lowest BCUT2D eigenvalue weighted by molar-refractivity contribution is -0.104. The van der Waals surface area contributed by atoms with Gasteiger partial charge in [0.1, 0.15) is 6.29 Å². The summed E-state index contributed by atoms with van der Waals surface area (Å²) >= 11 is 0. The summed E-state index contributed by atoms with van der Waals surface area (Å²) in [5, 5.41) is 9.53. The van der Waals surface area contributed by atoms with E-state index in [1.165, 1.54) is 62.5 Å². The van der Waals surface area contributed by atoms with Crippen molar-refractivity contribution in [3.63, 3.8) is 0 Å². The zero-order valence-corrected chi connectivity index (χ0v) is 18.2. The first kappa shape index (κ1) is 24.6. The van der Waals surface area contributed by atoms with Gasteiger partial charge in [0.2, 0.25) is 0 Å². The number of hydrogen-bond acceptors (Lipinski definition) is 3. The van der Waals surface area contributed by atoms with E-state index in [-0.39, 0.29) is 6.61 Å².